The van der Waals surface area contributed by atoms with Crippen molar-refractivity contribution in [3.8, 4) is 0 Å². The molecule has 0 spiro atoms. The second-order valence-electron chi connectivity index (χ2n) is 6.07. The van der Waals surface area contributed by atoms with Gasteiger partial charge in [-0.2, -0.15) is 0 Å². The lowest BCUT2D eigenvalue weighted by molar-refractivity contribution is -0.115. The van der Waals surface area contributed by atoms with E-state index in [4.69, 9.17) is 0 Å². The number of aromatic nitrogens is 1. The van der Waals surface area contributed by atoms with Crippen molar-refractivity contribution < 1.29 is 9.59 Å². The second-order valence-corrected chi connectivity index (χ2v) is 7.08. The van der Waals surface area contributed by atoms with Crippen molar-refractivity contribution in [3.05, 3.63) is 76.3 Å². The highest BCUT2D eigenvalue weighted by molar-refractivity contribution is 8.18. The molecule has 4 rings (SSSR count). The van der Waals surface area contributed by atoms with Crippen molar-refractivity contribution in [2.24, 2.45) is 0 Å². The molecule has 1 fully saturated rings. The summed E-state index contributed by atoms with van der Waals surface area (Å²) in [6, 6.07) is 16.6. The van der Waals surface area contributed by atoms with E-state index in [1.54, 1.807) is 6.08 Å². The number of fused-ring (bicyclic) bond motifs is 1. The molecule has 0 aliphatic carbocycles. The lowest BCUT2D eigenvalue weighted by atomic mass is 10.1. The Kier molecular flexibility index (Phi) is 3.93. The van der Waals surface area contributed by atoms with Crippen LogP contribution >= 0.6 is 11.8 Å². The summed E-state index contributed by atoms with van der Waals surface area (Å²) in [5.41, 5.74) is 4.49. The van der Waals surface area contributed by atoms with E-state index < -0.39 is 0 Å². The van der Waals surface area contributed by atoms with Crippen LogP contribution in [0.3, 0.4) is 0 Å². The van der Waals surface area contributed by atoms with Crippen molar-refractivity contribution >= 4 is 39.9 Å². The van der Waals surface area contributed by atoms with Crippen LogP contribution in [-0.2, 0) is 11.3 Å². The molecular weight excluding hydrogens is 332 g/mol. The number of thioether (sulfide) groups is 1. The normalized spacial score (nSPS) is 16.0. The molecule has 1 aliphatic heterocycles. The quantitative estimate of drug-likeness (QED) is 0.717. The van der Waals surface area contributed by atoms with E-state index in [-0.39, 0.29) is 11.1 Å². The lowest BCUT2D eigenvalue weighted by Crippen LogP contribution is -2.17. The van der Waals surface area contributed by atoms with E-state index >= 15 is 0 Å². The van der Waals surface area contributed by atoms with Crippen molar-refractivity contribution in [1.82, 2.24) is 9.88 Å². The fraction of sp³-hybridized carbons (Fsp3) is 0.100. The first kappa shape index (κ1) is 15.7. The molecular formula is C20H16N2O2S. The summed E-state index contributed by atoms with van der Waals surface area (Å²) in [7, 11) is 0. The number of benzene rings is 2. The fourth-order valence-electron chi connectivity index (χ4n) is 2.97. The van der Waals surface area contributed by atoms with Gasteiger partial charge in [-0.1, -0.05) is 48.0 Å². The molecule has 1 saturated heterocycles. The highest BCUT2D eigenvalue weighted by Crippen LogP contribution is 2.30. The van der Waals surface area contributed by atoms with E-state index in [1.807, 2.05) is 24.4 Å². The van der Waals surface area contributed by atoms with Gasteiger partial charge in [-0.3, -0.25) is 14.9 Å². The third kappa shape index (κ3) is 3.10. The Balaban J connectivity index is 1.76. The number of nitrogens with one attached hydrogen (secondary N) is 1. The molecule has 2 aromatic carbocycles. The maximum absolute atomic E-state index is 11.8. The standard InChI is InChI=1S/C20H16N2O2S/c1-13-6-8-14(9-7-13)11-22-12-15(16-4-2-3-5-17(16)22)10-18-19(23)21-20(24)25-18/h2-10,12H,11H2,1H3,(H,21,23,24)/b18-10-. The number of hydrogen-bond donors (Lipinski definition) is 1. The van der Waals surface area contributed by atoms with Gasteiger partial charge in [0.25, 0.3) is 11.1 Å². The third-order valence-corrected chi connectivity index (χ3v) is 5.03. The zero-order valence-corrected chi connectivity index (χ0v) is 14.5. The number of carbonyl (C=O) groups excluding carboxylic acids is 2. The second kappa shape index (κ2) is 6.26. The molecule has 4 nitrogen and oxygen atoms in total. The molecule has 1 aliphatic rings. The highest BCUT2D eigenvalue weighted by atomic mass is 32.2. The van der Waals surface area contributed by atoms with Gasteiger partial charge in [-0.15, -0.1) is 0 Å². The number of nitrogens with zero attached hydrogens (tertiary/aromatic N) is 1. The van der Waals surface area contributed by atoms with Crippen molar-refractivity contribution in [1.29, 1.82) is 0 Å². The molecule has 0 atom stereocenters. The van der Waals surface area contributed by atoms with Crippen LogP contribution in [-0.4, -0.2) is 15.7 Å². The summed E-state index contributed by atoms with van der Waals surface area (Å²) in [4.78, 5) is 23.6. The summed E-state index contributed by atoms with van der Waals surface area (Å²) in [6.07, 6.45) is 3.83. The Morgan fingerprint density at radius 1 is 1.08 bits per heavy atom. The van der Waals surface area contributed by atoms with Crippen LogP contribution in [0.1, 0.15) is 16.7 Å². The lowest BCUT2D eigenvalue weighted by Gasteiger charge is -2.06. The van der Waals surface area contributed by atoms with Gasteiger partial charge in [-0.25, -0.2) is 0 Å². The predicted molar refractivity (Wildman–Crippen MR) is 101 cm³/mol. The molecule has 124 valence electrons. The molecule has 2 heterocycles. The van der Waals surface area contributed by atoms with Crippen LogP contribution in [0.15, 0.2) is 59.6 Å². The molecule has 5 heteroatoms. The minimum atomic E-state index is -0.328. The monoisotopic (exact) mass is 348 g/mol. The van der Waals surface area contributed by atoms with Gasteiger partial charge in [-0.05, 0) is 36.4 Å². The third-order valence-electron chi connectivity index (χ3n) is 4.22. The number of para-hydroxylation sites is 1. The number of aryl methyl sites for hydroxylation is 1. The summed E-state index contributed by atoms with van der Waals surface area (Å²) in [6.45, 7) is 2.83. The molecule has 0 saturated carbocycles. The Hall–Kier alpha value is -2.79. The molecule has 0 unspecified atom stereocenters. The van der Waals surface area contributed by atoms with E-state index in [2.05, 4.69) is 47.1 Å². The smallest absolute Gasteiger partial charge is 0.290 e. The van der Waals surface area contributed by atoms with Gasteiger partial charge < -0.3 is 4.57 Å². The number of imide groups is 1. The summed E-state index contributed by atoms with van der Waals surface area (Å²) < 4.78 is 2.17. The number of hydrogen-bond acceptors (Lipinski definition) is 3. The summed E-state index contributed by atoms with van der Waals surface area (Å²) in [5.74, 6) is -0.328. The molecule has 1 aromatic heterocycles. The topological polar surface area (TPSA) is 51.1 Å². The van der Waals surface area contributed by atoms with Gasteiger partial charge in [0.1, 0.15) is 0 Å². The van der Waals surface area contributed by atoms with Crippen molar-refractivity contribution in [3.63, 3.8) is 0 Å². The fourth-order valence-corrected chi connectivity index (χ4v) is 3.65. The van der Waals surface area contributed by atoms with E-state index in [0.717, 1.165) is 34.8 Å². The zero-order chi connectivity index (χ0) is 17.4. The SMILES string of the molecule is Cc1ccc(Cn2cc(/C=C3\SC(=O)NC3=O)c3ccccc32)cc1. The highest BCUT2D eigenvalue weighted by Gasteiger charge is 2.25. The molecule has 2 amide bonds. The van der Waals surface area contributed by atoms with E-state index in [9.17, 15) is 9.59 Å². The van der Waals surface area contributed by atoms with Crippen LogP contribution in [0.25, 0.3) is 17.0 Å². The maximum Gasteiger partial charge on any atom is 0.290 e. The van der Waals surface area contributed by atoms with Gasteiger partial charge in [0.2, 0.25) is 0 Å². The maximum atomic E-state index is 11.8. The molecule has 0 radical (unpaired) electrons. The largest absolute Gasteiger partial charge is 0.342 e. The Labute approximate surface area is 149 Å². The minimum Gasteiger partial charge on any atom is -0.342 e. The molecule has 3 aromatic rings. The molecule has 0 bridgehead atoms. The zero-order valence-electron chi connectivity index (χ0n) is 13.7. The van der Waals surface area contributed by atoms with Crippen molar-refractivity contribution in [2.45, 2.75) is 13.5 Å². The number of amides is 2. The van der Waals surface area contributed by atoms with Crippen molar-refractivity contribution in [2.75, 3.05) is 0 Å². The molecule has 1 N–H and O–H groups in total. The number of carbonyl (C=O) groups is 2. The van der Waals surface area contributed by atoms with E-state index in [0.29, 0.717) is 4.91 Å². The Morgan fingerprint density at radius 3 is 2.56 bits per heavy atom. The van der Waals surface area contributed by atoms with Gasteiger partial charge in [0, 0.05) is 29.2 Å². The summed E-state index contributed by atoms with van der Waals surface area (Å²) >= 11 is 0.944. The first-order valence-electron chi connectivity index (χ1n) is 7.98. The predicted octanol–water partition coefficient (Wildman–Crippen LogP) is 4.32. The first-order chi connectivity index (χ1) is 12.1. The Morgan fingerprint density at radius 2 is 1.84 bits per heavy atom. The summed E-state index contributed by atoms with van der Waals surface area (Å²) in [5, 5.41) is 3.04. The molecule has 25 heavy (non-hydrogen) atoms. The van der Waals surface area contributed by atoms with Crippen LogP contribution < -0.4 is 5.32 Å². The van der Waals surface area contributed by atoms with Gasteiger partial charge >= 0.3 is 0 Å². The van der Waals surface area contributed by atoms with Crippen LogP contribution in [0.2, 0.25) is 0 Å². The average molecular weight is 348 g/mol. The van der Waals surface area contributed by atoms with Gasteiger partial charge in [0.15, 0.2) is 0 Å². The van der Waals surface area contributed by atoms with E-state index in [1.165, 1.54) is 11.1 Å². The van der Waals surface area contributed by atoms with Crippen LogP contribution in [0.5, 0.6) is 0 Å². The van der Waals surface area contributed by atoms with Crippen LogP contribution in [0.4, 0.5) is 4.79 Å². The minimum absolute atomic E-state index is 0.320. The average Bonchev–Trinajstić information content (AvgIpc) is 3.10. The Bertz CT molecular complexity index is 1020. The van der Waals surface area contributed by atoms with Gasteiger partial charge in [0.05, 0.1) is 4.91 Å². The first-order valence-corrected chi connectivity index (χ1v) is 8.80. The number of rotatable bonds is 3. The van der Waals surface area contributed by atoms with Crippen LogP contribution in [0, 0.1) is 6.92 Å².